The van der Waals surface area contributed by atoms with E-state index < -0.39 is 0 Å². The van der Waals surface area contributed by atoms with Gasteiger partial charge in [0.25, 0.3) is 5.91 Å². The van der Waals surface area contributed by atoms with Crippen molar-refractivity contribution in [2.75, 3.05) is 6.54 Å². The van der Waals surface area contributed by atoms with E-state index >= 15 is 0 Å². The van der Waals surface area contributed by atoms with Crippen LogP contribution >= 0.6 is 31.9 Å². The van der Waals surface area contributed by atoms with Gasteiger partial charge in [-0.1, -0.05) is 15.9 Å². The molecule has 1 aliphatic carbocycles. The largest absolute Gasteiger partial charge is 0.353 e. The number of hydrogen-bond acceptors (Lipinski definition) is 2. The summed E-state index contributed by atoms with van der Waals surface area (Å²) < 4.78 is 1.66. The smallest absolute Gasteiger partial charge is 0.252 e. The number of nitrogens with one attached hydrogen (secondary N) is 2. The zero-order chi connectivity index (χ0) is 14.5. The van der Waals surface area contributed by atoms with Crippen molar-refractivity contribution in [1.82, 2.24) is 10.6 Å². The van der Waals surface area contributed by atoms with E-state index in [1.807, 2.05) is 12.1 Å². The van der Waals surface area contributed by atoms with Gasteiger partial charge in [-0.3, -0.25) is 9.59 Å². The number of carbonyl (C=O) groups excluding carboxylic acids is 2. The molecule has 0 spiro atoms. The molecule has 4 nitrogen and oxygen atoms in total. The van der Waals surface area contributed by atoms with Gasteiger partial charge < -0.3 is 10.6 Å². The molecule has 0 aliphatic heterocycles. The molecular formula is C14H16Br2N2O2. The predicted octanol–water partition coefficient (Wildman–Crippen LogP) is 3.00. The lowest BCUT2D eigenvalue weighted by atomic mass is 10.2. The van der Waals surface area contributed by atoms with Crippen LogP contribution in [-0.2, 0) is 4.79 Å². The molecule has 1 aromatic carbocycles. The lowest BCUT2D eigenvalue weighted by molar-refractivity contribution is -0.121. The SMILES string of the molecule is O=C(CCCNC(=O)c1ccc(Br)cc1Br)NC1CC1. The second-order valence-corrected chi connectivity index (χ2v) is 6.60. The minimum absolute atomic E-state index is 0.0755. The van der Waals surface area contributed by atoms with Crippen LogP contribution in [0.25, 0.3) is 0 Å². The summed E-state index contributed by atoms with van der Waals surface area (Å²) in [4.78, 5) is 23.4. The molecule has 2 N–H and O–H groups in total. The molecule has 108 valence electrons. The number of amides is 2. The fraction of sp³-hybridized carbons (Fsp3) is 0.429. The van der Waals surface area contributed by atoms with E-state index in [1.54, 1.807) is 6.07 Å². The van der Waals surface area contributed by atoms with Crippen molar-refractivity contribution in [3.05, 3.63) is 32.7 Å². The third kappa shape index (κ3) is 4.90. The zero-order valence-electron chi connectivity index (χ0n) is 10.9. The van der Waals surface area contributed by atoms with Gasteiger partial charge in [0.2, 0.25) is 5.91 Å². The first-order valence-electron chi connectivity index (χ1n) is 6.59. The monoisotopic (exact) mass is 402 g/mol. The molecule has 0 heterocycles. The van der Waals surface area contributed by atoms with Crippen molar-refractivity contribution in [3.8, 4) is 0 Å². The van der Waals surface area contributed by atoms with E-state index in [4.69, 9.17) is 0 Å². The summed E-state index contributed by atoms with van der Waals surface area (Å²) in [5.74, 6) is -0.0569. The highest BCUT2D eigenvalue weighted by molar-refractivity contribution is 9.11. The van der Waals surface area contributed by atoms with Crippen LogP contribution < -0.4 is 10.6 Å². The molecule has 1 aromatic rings. The minimum atomic E-state index is -0.132. The van der Waals surface area contributed by atoms with Gasteiger partial charge in [-0.05, 0) is 53.4 Å². The lowest BCUT2D eigenvalue weighted by Gasteiger charge is -2.07. The first-order chi connectivity index (χ1) is 9.56. The van der Waals surface area contributed by atoms with E-state index in [0.717, 1.165) is 21.8 Å². The van der Waals surface area contributed by atoms with E-state index in [1.165, 1.54) is 0 Å². The van der Waals surface area contributed by atoms with Gasteiger partial charge in [-0.25, -0.2) is 0 Å². The van der Waals surface area contributed by atoms with Crippen molar-refractivity contribution in [2.24, 2.45) is 0 Å². The molecule has 0 aromatic heterocycles. The fourth-order valence-corrected chi connectivity index (χ4v) is 2.97. The Balaban J connectivity index is 1.70. The third-order valence-corrected chi connectivity index (χ3v) is 4.13. The highest BCUT2D eigenvalue weighted by Crippen LogP contribution is 2.21. The van der Waals surface area contributed by atoms with Crippen LogP contribution in [0.5, 0.6) is 0 Å². The summed E-state index contributed by atoms with van der Waals surface area (Å²) in [5, 5.41) is 5.74. The second kappa shape index (κ2) is 7.22. The van der Waals surface area contributed by atoms with E-state index in [-0.39, 0.29) is 11.8 Å². The van der Waals surface area contributed by atoms with Gasteiger partial charge in [-0.15, -0.1) is 0 Å². The van der Waals surface area contributed by atoms with Crippen molar-refractivity contribution in [1.29, 1.82) is 0 Å². The van der Waals surface area contributed by atoms with Gasteiger partial charge in [0.15, 0.2) is 0 Å². The van der Waals surface area contributed by atoms with E-state index in [2.05, 4.69) is 42.5 Å². The molecule has 0 radical (unpaired) electrons. The highest BCUT2D eigenvalue weighted by Gasteiger charge is 2.22. The van der Waals surface area contributed by atoms with Crippen molar-refractivity contribution in [3.63, 3.8) is 0 Å². The molecule has 0 saturated heterocycles. The molecular weight excluding hydrogens is 388 g/mol. The summed E-state index contributed by atoms with van der Waals surface area (Å²) in [6, 6.07) is 5.81. The van der Waals surface area contributed by atoms with Crippen LogP contribution in [0.1, 0.15) is 36.0 Å². The van der Waals surface area contributed by atoms with Gasteiger partial charge in [-0.2, -0.15) is 0 Å². The number of hydrogen-bond donors (Lipinski definition) is 2. The van der Waals surface area contributed by atoms with Crippen molar-refractivity contribution < 1.29 is 9.59 Å². The summed E-state index contributed by atoms with van der Waals surface area (Å²) in [7, 11) is 0. The highest BCUT2D eigenvalue weighted by atomic mass is 79.9. The zero-order valence-corrected chi connectivity index (χ0v) is 14.1. The summed E-state index contributed by atoms with van der Waals surface area (Å²) in [5.41, 5.74) is 0.593. The van der Waals surface area contributed by atoms with Gasteiger partial charge in [0, 0.05) is 28.0 Å². The number of halogens is 2. The Bertz CT molecular complexity index is 516. The maximum absolute atomic E-state index is 12.0. The number of benzene rings is 1. The molecule has 0 atom stereocenters. The molecule has 0 unspecified atom stereocenters. The van der Waals surface area contributed by atoms with Crippen LogP contribution in [0.15, 0.2) is 27.1 Å². The standard InChI is InChI=1S/C14H16Br2N2O2/c15-9-3-6-11(12(16)8-9)14(20)17-7-1-2-13(19)18-10-4-5-10/h3,6,8,10H,1-2,4-5,7H2,(H,17,20)(H,18,19). The molecule has 0 bridgehead atoms. The molecule has 2 amide bonds. The normalized spacial score (nSPS) is 13.9. The number of rotatable bonds is 6. The lowest BCUT2D eigenvalue weighted by Crippen LogP contribution is -2.28. The molecule has 6 heteroatoms. The Labute approximate surface area is 135 Å². The Kier molecular flexibility index (Phi) is 5.60. The van der Waals surface area contributed by atoms with Crippen LogP contribution in [0.3, 0.4) is 0 Å². The average Bonchev–Trinajstić information content (AvgIpc) is 3.18. The van der Waals surface area contributed by atoms with E-state index in [9.17, 15) is 9.59 Å². The predicted molar refractivity (Wildman–Crippen MR) is 84.6 cm³/mol. The molecule has 1 fully saturated rings. The molecule has 2 rings (SSSR count). The molecule has 1 aliphatic rings. The average molecular weight is 404 g/mol. The molecule has 20 heavy (non-hydrogen) atoms. The molecule has 1 saturated carbocycles. The maximum atomic E-state index is 12.0. The van der Waals surface area contributed by atoms with Crippen molar-refractivity contribution in [2.45, 2.75) is 31.7 Å². The van der Waals surface area contributed by atoms with Crippen LogP contribution in [0.2, 0.25) is 0 Å². The quantitative estimate of drug-likeness (QED) is 0.717. The van der Waals surface area contributed by atoms with Crippen LogP contribution in [0, 0.1) is 0 Å². The van der Waals surface area contributed by atoms with Gasteiger partial charge in [0.1, 0.15) is 0 Å². The second-order valence-electron chi connectivity index (χ2n) is 4.83. The summed E-state index contributed by atoms with van der Waals surface area (Å²) in [6.45, 7) is 0.499. The first kappa shape index (κ1) is 15.5. The third-order valence-electron chi connectivity index (χ3n) is 2.98. The Morgan fingerprint density at radius 2 is 2.00 bits per heavy atom. The van der Waals surface area contributed by atoms with Gasteiger partial charge >= 0.3 is 0 Å². The fourth-order valence-electron chi connectivity index (χ4n) is 1.75. The maximum Gasteiger partial charge on any atom is 0.252 e. The Morgan fingerprint density at radius 3 is 2.65 bits per heavy atom. The Hall–Kier alpha value is -0.880. The van der Waals surface area contributed by atoms with Gasteiger partial charge in [0.05, 0.1) is 5.56 Å². The summed E-state index contributed by atoms with van der Waals surface area (Å²) in [6.07, 6.45) is 3.30. The van der Waals surface area contributed by atoms with Crippen molar-refractivity contribution >= 4 is 43.7 Å². The van der Waals surface area contributed by atoms with Crippen LogP contribution in [-0.4, -0.2) is 24.4 Å². The minimum Gasteiger partial charge on any atom is -0.353 e. The first-order valence-corrected chi connectivity index (χ1v) is 8.17. The topological polar surface area (TPSA) is 58.2 Å². The summed E-state index contributed by atoms with van der Waals surface area (Å²) >= 11 is 6.70. The number of carbonyl (C=O) groups is 2. The van der Waals surface area contributed by atoms with E-state index in [0.29, 0.717) is 31.0 Å². The van der Waals surface area contributed by atoms with Crippen LogP contribution in [0.4, 0.5) is 0 Å². The Morgan fingerprint density at radius 1 is 1.25 bits per heavy atom.